The number of hydrogen-bond donors (Lipinski definition) is 0. The Labute approximate surface area is 67.2 Å². The zero-order valence-corrected chi connectivity index (χ0v) is 6.88. The van der Waals surface area contributed by atoms with Crippen molar-refractivity contribution >= 4 is 5.97 Å². The number of carbonyl (C=O) groups excluding carboxylic acids is 1. The molecule has 0 spiro atoms. The molecule has 2 heteroatoms. The van der Waals surface area contributed by atoms with E-state index < -0.39 is 0 Å². The van der Waals surface area contributed by atoms with Crippen LogP contribution in [0.5, 0.6) is 0 Å². The van der Waals surface area contributed by atoms with Crippen molar-refractivity contribution in [3.05, 3.63) is 12.2 Å². The topological polar surface area (TPSA) is 26.3 Å². The second-order valence-electron chi connectivity index (χ2n) is 2.80. The largest absolute Gasteiger partial charge is 0.463 e. The molecule has 0 bridgehead atoms. The summed E-state index contributed by atoms with van der Waals surface area (Å²) in [5, 5.41) is 0. The van der Waals surface area contributed by atoms with E-state index >= 15 is 0 Å². The zero-order valence-electron chi connectivity index (χ0n) is 6.88. The average molecular weight is 154 g/mol. The zero-order chi connectivity index (χ0) is 8.10. The maximum Gasteiger partial charge on any atom is 0.330 e. The van der Waals surface area contributed by atoms with Gasteiger partial charge >= 0.3 is 5.97 Å². The van der Waals surface area contributed by atoms with Crippen molar-refractivity contribution in [2.45, 2.75) is 26.2 Å². The SMILES string of the molecule is CCOC(=O)C=CC1CCC1. The first-order chi connectivity index (χ1) is 5.33. The summed E-state index contributed by atoms with van der Waals surface area (Å²) < 4.78 is 4.74. The molecule has 0 heterocycles. The van der Waals surface area contributed by atoms with Crippen LogP contribution in [0.25, 0.3) is 0 Å². The Morgan fingerprint density at radius 2 is 2.36 bits per heavy atom. The normalized spacial score (nSPS) is 18.3. The van der Waals surface area contributed by atoms with Crippen LogP contribution in [0.4, 0.5) is 0 Å². The Balaban J connectivity index is 2.16. The molecule has 0 aliphatic heterocycles. The lowest BCUT2D eigenvalue weighted by molar-refractivity contribution is -0.137. The van der Waals surface area contributed by atoms with Gasteiger partial charge < -0.3 is 4.74 Å². The summed E-state index contributed by atoms with van der Waals surface area (Å²) in [7, 11) is 0. The molecular weight excluding hydrogens is 140 g/mol. The average Bonchev–Trinajstić information content (AvgIpc) is 1.85. The van der Waals surface area contributed by atoms with Gasteiger partial charge in [0.2, 0.25) is 0 Å². The molecule has 1 aliphatic rings. The third-order valence-corrected chi connectivity index (χ3v) is 1.94. The van der Waals surface area contributed by atoms with E-state index in [1.807, 2.05) is 13.0 Å². The van der Waals surface area contributed by atoms with Gasteiger partial charge in [-0.25, -0.2) is 4.79 Å². The number of rotatable bonds is 3. The summed E-state index contributed by atoms with van der Waals surface area (Å²) >= 11 is 0. The van der Waals surface area contributed by atoms with Crippen LogP contribution in [0.1, 0.15) is 26.2 Å². The van der Waals surface area contributed by atoms with Gasteiger partial charge in [-0.05, 0) is 25.7 Å². The third kappa shape index (κ3) is 2.74. The second-order valence-corrected chi connectivity index (χ2v) is 2.80. The van der Waals surface area contributed by atoms with Gasteiger partial charge in [0.15, 0.2) is 0 Å². The molecular formula is C9H14O2. The Kier molecular flexibility index (Phi) is 3.14. The number of allylic oxidation sites excluding steroid dienone is 1. The summed E-state index contributed by atoms with van der Waals surface area (Å²) in [6.45, 7) is 2.28. The van der Waals surface area contributed by atoms with E-state index in [9.17, 15) is 4.79 Å². The number of esters is 1. The highest BCUT2D eigenvalue weighted by Gasteiger charge is 2.13. The highest BCUT2D eigenvalue weighted by atomic mass is 16.5. The minimum absolute atomic E-state index is 0.209. The van der Waals surface area contributed by atoms with Crippen molar-refractivity contribution in [1.29, 1.82) is 0 Å². The maximum absolute atomic E-state index is 10.8. The smallest absolute Gasteiger partial charge is 0.330 e. The van der Waals surface area contributed by atoms with Crippen LogP contribution >= 0.6 is 0 Å². The molecule has 62 valence electrons. The minimum Gasteiger partial charge on any atom is -0.463 e. The molecule has 1 rings (SSSR count). The van der Waals surface area contributed by atoms with Crippen molar-refractivity contribution in [3.8, 4) is 0 Å². The molecule has 0 unspecified atom stereocenters. The van der Waals surface area contributed by atoms with Gasteiger partial charge in [-0.15, -0.1) is 0 Å². The van der Waals surface area contributed by atoms with E-state index in [1.165, 1.54) is 19.3 Å². The molecule has 1 aliphatic carbocycles. The van der Waals surface area contributed by atoms with E-state index in [-0.39, 0.29) is 5.97 Å². The van der Waals surface area contributed by atoms with E-state index in [1.54, 1.807) is 6.08 Å². The molecule has 0 amide bonds. The van der Waals surface area contributed by atoms with Crippen LogP contribution < -0.4 is 0 Å². The van der Waals surface area contributed by atoms with Gasteiger partial charge in [0.1, 0.15) is 0 Å². The second kappa shape index (κ2) is 4.16. The van der Waals surface area contributed by atoms with E-state index in [0.29, 0.717) is 12.5 Å². The monoisotopic (exact) mass is 154 g/mol. The predicted molar refractivity (Wildman–Crippen MR) is 43.1 cm³/mol. The van der Waals surface area contributed by atoms with E-state index in [2.05, 4.69) is 0 Å². The van der Waals surface area contributed by atoms with Crippen LogP contribution in [0.2, 0.25) is 0 Å². The predicted octanol–water partition coefficient (Wildman–Crippen LogP) is 1.91. The fourth-order valence-corrected chi connectivity index (χ4v) is 1.04. The summed E-state index contributed by atoms with van der Waals surface area (Å²) in [5.74, 6) is 0.429. The highest BCUT2D eigenvalue weighted by molar-refractivity contribution is 5.81. The van der Waals surface area contributed by atoms with Gasteiger partial charge in [-0.1, -0.05) is 12.5 Å². The molecule has 0 atom stereocenters. The molecule has 0 radical (unpaired) electrons. The standard InChI is InChI=1S/C9H14O2/c1-2-11-9(10)7-6-8-4-3-5-8/h6-8H,2-5H2,1H3. The lowest BCUT2D eigenvalue weighted by atomic mass is 9.85. The first kappa shape index (κ1) is 8.31. The number of hydrogen-bond acceptors (Lipinski definition) is 2. The molecule has 0 saturated heterocycles. The highest BCUT2D eigenvalue weighted by Crippen LogP contribution is 2.27. The quantitative estimate of drug-likeness (QED) is 0.458. The van der Waals surface area contributed by atoms with E-state index in [4.69, 9.17) is 4.74 Å². The lowest BCUT2D eigenvalue weighted by Crippen LogP contribution is -2.08. The Morgan fingerprint density at radius 1 is 1.64 bits per heavy atom. The molecule has 1 fully saturated rings. The van der Waals surface area contributed by atoms with Gasteiger partial charge in [0.25, 0.3) is 0 Å². The Morgan fingerprint density at radius 3 is 2.82 bits per heavy atom. The van der Waals surface area contributed by atoms with Crippen molar-refractivity contribution in [2.75, 3.05) is 6.61 Å². The fraction of sp³-hybridized carbons (Fsp3) is 0.667. The summed E-state index contributed by atoms with van der Waals surface area (Å²) in [4.78, 5) is 10.8. The van der Waals surface area contributed by atoms with Gasteiger partial charge in [-0.2, -0.15) is 0 Å². The van der Waals surface area contributed by atoms with Crippen LogP contribution in [0.15, 0.2) is 12.2 Å². The molecule has 2 nitrogen and oxygen atoms in total. The molecule has 0 aromatic heterocycles. The third-order valence-electron chi connectivity index (χ3n) is 1.94. The van der Waals surface area contributed by atoms with Crippen molar-refractivity contribution in [1.82, 2.24) is 0 Å². The fourth-order valence-electron chi connectivity index (χ4n) is 1.04. The van der Waals surface area contributed by atoms with Gasteiger partial charge in [-0.3, -0.25) is 0 Å². The molecule has 0 aromatic carbocycles. The van der Waals surface area contributed by atoms with Crippen LogP contribution in [0, 0.1) is 5.92 Å². The van der Waals surface area contributed by atoms with Gasteiger partial charge in [0.05, 0.1) is 6.61 Å². The Bertz CT molecular complexity index is 157. The molecule has 0 aromatic rings. The lowest BCUT2D eigenvalue weighted by Gasteiger charge is -2.20. The maximum atomic E-state index is 10.8. The van der Waals surface area contributed by atoms with Crippen molar-refractivity contribution in [3.63, 3.8) is 0 Å². The Hall–Kier alpha value is -0.790. The summed E-state index contributed by atoms with van der Waals surface area (Å²) in [6, 6.07) is 0. The first-order valence-electron chi connectivity index (χ1n) is 4.18. The summed E-state index contributed by atoms with van der Waals surface area (Å²) in [6.07, 6.45) is 7.28. The molecule has 1 saturated carbocycles. The van der Waals surface area contributed by atoms with Crippen LogP contribution in [-0.2, 0) is 9.53 Å². The molecule has 0 N–H and O–H groups in total. The van der Waals surface area contributed by atoms with Crippen LogP contribution in [-0.4, -0.2) is 12.6 Å². The van der Waals surface area contributed by atoms with Crippen LogP contribution in [0.3, 0.4) is 0 Å². The first-order valence-corrected chi connectivity index (χ1v) is 4.18. The molecule has 11 heavy (non-hydrogen) atoms. The number of ether oxygens (including phenoxy) is 1. The van der Waals surface area contributed by atoms with Crippen molar-refractivity contribution < 1.29 is 9.53 Å². The van der Waals surface area contributed by atoms with Gasteiger partial charge in [0, 0.05) is 6.08 Å². The van der Waals surface area contributed by atoms with Crippen molar-refractivity contribution in [2.24, 2.45) is 5.92 Å². The summed E-state index contributed by atoms with van der Waals surface area (Å²) in [5.41, 5.74) is 0. The number of carbonyl (C=O) groups is 1. The minimum atomic E-state index is -0.209. The van der Waals surface area contributed by atoms with E-state index in [0.717, 1.165) is 0 Å².